The lowest BCUT2D eigenvalue weighted by Gasteiger charge is -2.14. The molecule has 0 aliphatic carbocycles. The van der Waals surface area contributed by atoms with Crippen LogP contribution in [0.3, 0.4) is 0 Å². The van der Waals surface area contributed by atoms with Crippen LogP contribution in [0.25, 0.3) is 5.57 Å². The van der Waals surface area contributed by atoms with Crippen LogP contribution < -0.4 is 4.74 Å². The highest BCUT2D eigenvalue weighted by Crippen LogP contribution is 2.34. The fourth-order valence-electron chi connectivity index (χ4n) is 3.21. The summed E-state index contributed by atoms with van der Waals surface area (Å²) in [5.74, 6) is -0.665. The molecule has 2 rings (SSSR count). The van der Waals surface area contributed by atoms with Gasteiger partial charge in [0.25, 0.3) is 5.69 Å². The number of esters is 1. The van der Waals surface area contributed by atoms with Gasteiger partial charge in [0.2, 0.25) is 5.88 Å². The monoisotopic (exact) mass is 413 g/mol. The molecule has 0 fully saturated rings. The maximum Gasteiger partial charge on any atom is 0.309 e. The van der Waals surface area contributed by atoms with Crippen molar-refractivity contribution in [2.75, 3.05) is 0 Å². The van der Waals surface area contributed by atoms with E-state index in [-0.39, 0.29) is 23.0 Å². The molecule has 1 aromatic heterocycles. The highest BCUT2D eigenvalue weighted by Gasteiger charge is 2.27. The molecule has 0 unspecified atom stereocenters. The largest absolute Gasteiger partial charge is 0.407 e. The molecule has 0 saturated heterocycles. The zero-order valence-corrected chi connectivity index (χ0v) is 18.4. The van der Waals surface area contributed by atoms with E-state index in [4.69, 9.17) is 4.74 Å². The van der Waals surface area contributed by atoms with Gasteiger partial charge in [-0.1, -0.05) is 19.4 Å². The quantitative estimate of drug-likeness (QED) is 0.281. The Bertz CT molecular complexity index is 1040. The van der Waals surface area contributed by atoms with E-state index in [2.05, 4.69) is 5.10 Å². The van der Waals surface area contributed by atoms with E-state index < -0.39 is 16.7 Å². The maximum atomic E-state index is 13.4. The van der Waals surface area contributed by atoms with Gasteiger partial charge in [0, 0.05) is 25.1 Å². The first-order valence-corrected chi connectivity index (χ1v) is 9.67. The van der Waals surface area contributed by atoms with Gasteiger partial charge >= 0.3 is 5.97 Å². The Morgan fingerprint density at radius 3 is 2.30 bits per heavy atom. The zero-order chi connectivity index (χ0) is 22.7. The van der Waals surface area contributed by atoms with Crippen LogP contribution in [0.5, 0.6) is 5.88 Å². The second-order valence-electron chi connectivity index (χ2n) is 7.88. The summed E-state index contributed by atoms with van der Waals surface area (Å²) in [5, 5.41) is 15.8. The lowest BCUT2D eigenvalue weighted by atomic mass is 9.90. The van der Waals surface area contributed by atoms with Gasteiger partial charge in [-0.05, 0) is 50.8 Å². The molecule has 0 aliphatic heterocycles. The molecular weight excluding hydrogens is 386 g/mol. The Morgan fingerprint density at radius 2 is 1.80 bits per heavy atom. The summed E-state index contributed by atoms with van der Waals surface area (Å²) in [6, 6.07) is 2.78. The minimum Gasteiger partial charge on any atom is -0.407 e. The van der Waals surface area contributed by atoms with E-state index in [9.17, 15) is 19.7 Å². The van der Waals surface area contributed by atoms with Crippen LogP contribution in [-0.2, 0) is 11.3 Å². The van der Waals surface area contributed by atoms with Crippen LogP contribution in [0.1, 0.15) is 68.6 Å². The first-order valence-electron chi connectivity index (χ1n) is 9.67. The van der Waals surface area contributed by atoms with Crippen LogP contribution >= 0.6 is 0 Å². The van der Waals surface area contributed by atoms with Gasteiger partial charge in [-0.3, -0.25) is 19.7 Å². The first kappa shape index (κ1) is 23.0. The van der Waals surface area contributed by atoms with Crippen molar-refractivity contribution >= 4 is 23.0 Å². The molecule has 0 bridgehead atoms. The summed E-state index contributed by atoms with van der Waals surface area (Å²) in [5.41, 5.74) is 2.96. The summed E-state index contributed by atoms with van der Waals surface area (Å²) in [4.78, 5) is 36.1. The molecule has 8 heteroatoms. The van der Waals surface area contributed by atoms with Crippen molar-refractivity contribution in [2.24, 2.45) is 5.92 Å². The van der Waals surface area contributed by atoms with E-state index in [1.54, 1.807) is 13.8 Å². The predicted molar refractivity (Wildman–Crippen MR) is 114 cm³/mol. The summed E-state index contributed by atoms with van der Waals surface area (Å²) in [6.45, 7) is 12.9. The minimum absolute atomic E-state index is 0.0570. The third-order valence-electron chi connectivity index (χ3n) is 4.82. The van der Waals surface area contributed by atoms with E-state index in [0.717, 1.165) is 11.1 Å². The standard InChI is InChI=1S/C22H27N3O5/c1-12(2)11-24-22(30-16(7)26)18(10-23-24)21(27)17-8-9-19(25(28)29)20(15(17)6)14(5)13(3)4/h8-10,12H,11H2,1-7H3. The van der Waals surface area contributed by atoms with E-state index in [1.807, 2.05) is 27.7 Å². The lowest BCUT2D eigenvalue weighted by Crippen LogP contribution is -2.14. The molecule has 0 aliphatic rings. The Hall–Kier alpha value is -3.29. The number of ether oxygens (including phenoxy) is 1. The molecule has 160 valence electrons. The highest BCUT2D eigenvalue weighted by atomic mass is 16.6. The molecule has 8 nitrogen and oxygen atoms in total. The smallest absolute Gasteiger partial charge is 0.309 e. The number of carbonyl (C=O) groups excluding carboxylic acids is 2. The number of benzene rings is 1. The van der Waals surface area contributed by atoms with Crippen LogP contribution in [0.2, 0.25) is 0 Å². The van der Waals surface area contributed by atoms with Gasteiger partial charge in [0.1, 0.15) is 5.56 Å². The predicted octanol–water partition coefficient (Wildman–Crippen LogP) is 4.73. The molecule has 1 heterocycles. The van der Waals surface area contributed by atoms with Gasteiger partial charge in [0.05, 0.1) is 16.7 Å². The van der Waals surface area contributed by atoms with Crippen molar-refractivity contribution in [3.05, 3.63) is 56.3 Å². The molecule has 30 heavy (non-hydrogen) atoms. The minimum atomic E-state index is -0.559. The number of nitro benzene ring substituents is 1. The van der Waals surface area contributed by atoms with E-state index in [0.29, 0.717) is 23.2 Å². The summed E-state index contributed by atoms with van der Waals surface area (Å²) in [6.07, 6.45) is 1.37. The number of rotatable bonds is 7. The number of hydrogen-bond acceptors (Lipinski definition) is 6. The summed E-state index contributed by atoms with van der Waals surface area (Å²) in [7, 11) is 0. The van der Waals surface area contributed by atoms with Crippen molar-refractivity contribution in [2.45, 2.75) is 55.0 Å². The molecule has 2 aromatic rings. The Morgan fingerprint density at radius 1 is 1.17 bits per heavy atom. The maximum absolute atomic E-state index is 13.4. The summed E-state index contributed by atoms with van der Waals surface area (Å²) >= 11 is 0. The van der Waals surface area contributed by atoms with Crippen LogP contribution in [0.15, 0.2) is 23.9 Å². The topological polar surface area (TPSA) is 104 Å². The highest BCUT2D eigenvalue weighted by molar-refractivity contribution is 6.12. The normalized spacial score (nSPS) is 10.8. The number of nitrogens with zero attached hydrogens (tertiary/aromatic N) is 3. The molecule has 0 N–H and O–H groups in total. The fraction of sp³-hybridized carbons (Fsp3) is 0.409. The summed E-state index contributed by atoms with van der Waals surface area (Å²) < 4.78 is 6.79. The lowest BCUT2D eigenvalue weighted by molar-refractivity contribution is -0.385. The van der Waals surface area contributed by atoms with Crippen molar-refractivity contribution in [3.8, 4) is 5.88 Å². The number of ketones is 1. The van der Waals surface area contributed by atoms with Gasteiger partial charge in [-0.15, -0.1) is 0 Å². The van der Waals surface area contributed by atoms with Crippen molar-refractivity contribution in [1.82, 2.24) is 9.78 Å². The van der Waals surface area contributed by atoms with Crippen molar-refractivity contribution in [3.63, 3.8) is 0 Å². The number of hydrogen-bond donors (Lipinski definition) is 0. The Kier molecular flexibility index (Phi) is 6.92. The number of allylic oxidation sites excluding steroid dienone is 2. The Labute approximate surface area is 175 Å². The molecule has 0 radical (unpaired) electrons. The van der Waals surface area contributed by atoms with Gasteiger partial charge in [-0.25, -0.2) is 4.68 Å². The van der Waals surface area contributed by atoms with E-state index >= 15 is 0 Å². The number of aromatic nitrogens is 2. The zero-order valence-electron chi connectivity index (χ0n) is 18.4. The molecular formula is C22H27N3O5. The fourth-order valence-corrected chi connectivity index (χ4v) is 3.21. The van der Waals surface area contributed by atoms with Crippen LogP contribution in [0, 0.1) is 23.0 Å². The second-order valence-corrected chi connectivity index (χ2v) is 7.88. The molecule has 1 aromatic carbocycles. The van der Waals surface area contributed by atoms with Gasteiger partial charge < -0.3 is 4.74 Å². The number of nitro groups is 1. The first-order chi connectivity index (χ1) is 14.0. The van der Waals surface area contributed by atoms with Crippen molar-refractivity contribution in [1.29, 1.82) is 0 Å². The third-order valence-corrected chi connectivity index (χ3v) is 4.82. The Balaban J connectivity index is 2.69. The second kappa shape index (κ2) is 9.02. The van der Waals surface area contributed by atoms with Crippen LogP contribution in [-0.4, -0.2) is 26.5 Å². The third kappa shape index (κ3) is 4.64. The number of carbonyl (C=O) groups is 2. The molecule has 0 amide bonds. The van der Waals surface area contributed by atoms with Crippen molar-refractivity contribution < 1.29 is 19.2 Å². The molecule has 0 spiro atoms. The van der Waals surface area contributed by atoms with E-state index in [1.165, 1.54) is 29.9 Å². The average molecular weight is 413 g/mol. The molecule has 0 saturated carbocycles. The molecule has 0 atom stereocenters. The average Bonchev–Trinajstić information content (AvgIpc) is 3.01. The SMILES string of the molecule is CC(=O)Oc1c(C(=O)c2ccc([N+](=O)[O-])c(C(C)=C(C)C)c2C)cnn1CC(C)C. The van der Waals surface area contributed by atoms with Crippen LogP contribution in [0.4, 0.5) is 5.69 Å². The van der Waals surface area contributed by atoms with Gasteiger partial charge in [-0.2, -0.15) is 5.10 Å². The van der Waals surface area contributed by atoms with Gasteiger partial charge in [0.15, 0.2) is 5.78 Å².